The van der Waals surface area contributed by atoms with E-state index in [4.69, 9.17) is 4.74 Å². The molecule has 0 radical (unpaired) electrons. The number of pyridine rings is 1. The summed E-state index contributed by atoms with van der Waals surface area (Å²) in [7, 11) is 1.80. The van der Waals surface area contributed by atoms with Crippen LogP contribution in [-0.2, 0) is 4.74 Å². The first-order valence-electron chi connectivity index (χ1n) is 6.55. The lowest BCUT2D eigenvalue weighted by atomic mass is 9.94. The first-order valence-corrected chi connectivity index (χ1v) is 6.55. The zero-order chi connectivity index (χ0) is 14.0. The van der Waals surface area contributed by atoms with Crippen LogP contribution < -0.4 is 10.6 Å². The van der Waals surface area contributed by atoms with Crippen LogP contribution in [0.4, 0.5) is 5.69 Å². The highest BCUT2D eigenvalue weighted by Crippen LogP contribution is 2.26. The van der Waals surface area contributed by atoms with Gasteiger partial charge in [0.25, 0.3) is 5.91 Å². The fourth-order valence-corrected chi connectivity index (χ4v) is 2.27. The molecule has 2 unspecified atom stereocenters. The normalized spacial score (nSPS) is 26.2. The molecule has 0 aromatic carbocycles. The second-order valence-corrected chi connectivity index (χ2v) is 5.26. The number of rotatable bonds is 3. The smallest absolute Gasteiger partial charge is 0.255 e. The highest BCUT2D eigenvalue weighted by molar-refractivity contribution is 5.99. The van der Waals surface area contributed by atoms with Gasteiger partial charge >= 0.3 is 0 Å². The molecule has 19 heavy (non-hydrogen) atoms. The van der Waals surface area contributed by atoms with E-state index in [-0.39, 0.29) is 17.6 Å². The summed E-state index contributed by atoms with van der Waals surface area (Å²) >= 11 is 0. The van der Waals surface area contributed by atoms with Crippen molar-refractivity contribution in [1.82, 2.24) is 10.3 Å². The summed E-state index contributed by atoms with van der Waals surface area (Å²) in [4.78, 5) is 16.6. The van der Waals surface area contributed by atoms with Crippen molar-refractivity contribution in [3.8, 4) is 0 Å². The second-order valence-electron chi connectivity index (χ2n) is 5.26. The maximum absolute atomic E-state index is 12.4. The molecule has 1 aliphatic heterocycles. The Hall–Kier alpha value is -1.62. The van der Waals surface area contributed by atoms with Gasteiger partial charge in [-0.05, 0) is 33.3 Å². The van der Waals surface area contributed by atoms with E-state index in [1.165, 1.54) is 0 Å². The lowest BCUT2D eigenvalue weighted by Gasteiger charge is -2.29. The summed E-state index contributed by atoms with van der Waals surface area (Å²) in [6, 6.07) is 1.87. The molecule has 2 heterocycles. The van der Waals surface area contributed by atoms with E-state index in [9.17, 15) is 4.79 Å². The van der Waals surface area contributed by atoms with E-state index in [0.29, 0.717) is 12.2 Å². The predicted molar refractivity (Wildman–Crippen MR) is 74.4 cm³/mol. The molecule has 1 aromatic rings. The van der Waals surface area contributed by atoms with Gasteiger partial charge in [-0.3, -0.25) is 9.78 Å². The van der Waals surface area contributed by atoms with E-state index in [1.54, 1.807) is 13.2 Å². The second kappa shape index (κ2) is 5.17. The standard InChI is InChI=1S/C14H21N3O2/c1-9-7-12(15-4)11(8-16-9)13(18)17-14(3)5-6-19-10(14)2/h7-8,10H,5-6H2,1-4H3,(H,15,16)(H,17,18). The van der Waals surface area contributed by atoms with Gasteiger partial charge in [0.05, 0.1) is 22.9 Å². The number of aryl methyl sites for hydroxylation is 1. The molecule has 1 fully saturated rings. The van der Waals surface area contributed by atoms with Crippen molar-refractivity contribution in [3.63, 3.8) is 0 Å². The van der Waals surface area contributed by atoms with Crippen LogP contribution in [0.1, 0.15) is 36.3 Å². The zero-order valence-electron chi connectivity index (χ0n) is 11.9. The van der Waals surface area contributed by atoms with Crippen molar-refractivity contribution >= 4 is 11.6 Å². The third-order valence-corrected chi connectivity index (χ3v) is 3.84. The Labute approximate surface area is 113 Å². The number of hydrogen-bond donors (Lipinski definition) is 2. The Morgan fingerprint density at radius 1 is 1.58 bits per heavy atom. The van der Waals surface area contributed by atoms with Gasteiger partial charge in [-0.1, -0.05) is 0 Å². The summed E-state index contributed by atoms with van der Waals surface area (Å²) < 4.78 is 5.53. The summed E-state index contributed by atoms with van der Waals surface area (Å²) in [5.41, 5.74) is 1.92. The SMILES string of the molecule is CNc1cc(C)ncc1C(=O)NC1(C)CCOC1C. The van der Waals surface area contributed by atoms with Crippen LogP contribution >= 0.6 is 0 Å². The lowest BCUT2D eigenvalue weighted by molar-refractivity contribution is 0.0727. The van der Waals surface area contributed by atoms with Crippen molar-refractivity contribution in [2.45, 2.75) is 38.8 Å². The van der Waals surface area contributed by atoms with Crippen LogP contribution in [0.2, 0.25) is 0 Å². The molecule has 0 saturated carbocycles. The van der Waals surface area contributed by atoms with E-state index in [1.807, 2.05) is 26.8 Å². The predicted octanol–water partition coefficient (Wildman–Crippen LogP) is 1.73. The molecule has 1 saturated heterocycles. The largest absolute Gasteiger partial charge is 0.387 e. The van der Waals surface area contributed by atoms with Gasteiger partial charge in [0.15, 0.2) is 0 Å². The van der Waals surface area contributed by atoms with Gasteiger partial charge in [-0.2, -0.15) is 0 Å². The fourth-order valence-electron chi connectivity index (χ4n) is 2.27. The van der Waals surface area contributed by atoms with Crippen molar-refractivity contribution in [2.24, 2.45) is 0 Å². The summed E-state index contributed by atoms with van der Waals surface area (Å²) in [6.07, 6.45) is 2.46. The first kappa shape index (κ1) is 13.8. The summed E-state index contributed by atoms with van der Waals surface area (Å²) in [5.74, 6) is -0.114. The Morgan fingerprint density at radius 3 is 2.89 bits per heavy atom. The van der Waals surface area contributed by atoms with Gasteiger partial charge in [-0.25, -0.2) is 0 Å². The molecule has 5 heteroatoms. The van der Waals surface area contributed by atoms with Crippen LogP contribution in [-0.4, -0.2) is 36.2 Å². The topological polar surface area (TPSA) is 63.2 Å². The maximum atomic E-state index is 12.4. The zero-order valence-corrected chi connectivity index (χ0v) is 11.9. The molecule has 1 aromatic heterocycles. The maximum Gasteiger partial charge on any atom is 0.255 e. The molecule has 2 N–H and O–H groups in total. The fraction of sp³-hybridized carbons (Fsp3) is 0.571. The molecular weight excluding hydrogens is 242 g/mol. The number of hydrogen-bond acceptors (Lipinski definition) is 4. The third kappa shape index (κ3) is 2.71. The van der Waals surface area contributed by atoms with Crippen molar-refractivity contribution in [3.05, 3.63) is 23.5 Å². The number of amides is 1. The quantitative estimate of drug-likeness (QED) is 0.871. The third-order valence-electron chi connectivity index (χ3n) is 3.84. The van der Waals surface area contributed by atoms with Crippen LogP contribution in [0.3, 0.4) is 0 Å². The summed E-state index contributed by atoms with van der Waals surface area (Å²) in [6.45, 7) is 6.59. The average Bonchev–Trinajstić information content (AvgIpc) is 2.68. The number of carbonyl (C=O) groups excluding carboxylic acids is 1. The van der Waals surface area contributed by atoms with Crippen molar-refractivity contribution < 1.29 is 9.53 Å². The van der Waals surface area contributed by atoms with Crippen LogP contribution in [0.15, 0.2) is 12.3 Å². The molecule has 104 valence electrons. The minimum absolute atomic E-state index is 0.0212. The molecule has 2 atom stereocenters. The van der Waals surface area contributed by atoms with Crippen LogP contribution in [0, 0.1) is 6.92 Å². The van der Waals surface area contributed by atoms with E-state index >= 15 is 0 Å². The van der Waals surface area contributed by atoms with Gasteiger partial charge in [0, 0.05) is 25.5 Å². The highest BCUT2D eigenvalue weighted by Gasteiger charge is 2.38. The Bertz CT molecular complexity index is 490. The highest BCUT2D eigenvalue weighted by atomic mass is 16.5. The number of aromatic nitrogens is 1. The lowest BCUT2D eigenvalue weighted by Crippen LogP contribution is -2.50. The number of ether oxygens (including phenoxy) is 1. The van der Waals surface area contributed by atoms with Crippen molar-refractivity contribution in [2.75, 3.05) is 19.0 Å². The molecule has 0 spiro atoms. The molecule has 5 nitrogen and oxygen atoms in total. The first-order chi connectivity index (χ1) is 8.96. The van der Waals surface area contributed by atoms with Gasteiger partial charge in [0.1, 0.15) is 0 Å². The number of nitrogens with one attached hydrogen (secondary N) is 2. The van der Waals surface area contributed by atoms with Gasteiger partial charge in [0.2, 0.25) is 0 Å². The minimum Gasteiger partial charge on any atom is -0.387 e. The Kier molecular flexibility index (Phi) is 3.75. The van der Waals surface area contributed by atoms with Gasteiger partial charge < -0.3 is 15.4 Å². The molecule has 0 aliphatic carbocycles. The minimum atomic E-state index is -0.313. The number of carbonyl (C=O) groups is 1. The molecular formula is C14H21N3O2. The van der Waals surface area contributed by atoms with Crippen LogP contribution in [0.5, 0.6) is 0 Å². The average molecular weight is 263 g/mol. The van der Waals surface area contributed by atoms with Crippen molar-refractivity contribution in [1.29, 1.82) is 0 Å². The molecule has 0 bridgehead atoms. The monoisotopic (exact) mass is 263 g/mol. The molecule has 1 aliphatic rings. The Balaban J connectivity index is 2.21. The Morgan fingerprint density at radius 2 is 2.32 bits per heavy atom. The number of anilines is 1. The van der Waals surface area contributed by atoms with E-state index in [2.05, 4.69) is 15.6 Å². The van der Waals surface area contributed by atoms with Crippen LogP contribution in [0.25, 0.3) is 0 Å². The van der Waals surface area contributed by atoms with E-state index < -0.39 is 0 Å². The van der Waals surface area contributed by atoms with E-state index in [0.717, 1.165) is 17.8 Å². The summed E-state index contributed by atoms with van der Waals surface area (Å²) in [5, 5.41) is 6.11. The van der Waals surface area contributed by atoms with Gasteiger partial charge in [-0.15, -0.1) is 0 Å². The number of nitrogens with zero attached hydrogens (tertiary/aromatic N) is 1. The molecule has 2 rings (SSSR count). The molecule has 1 amide bonds.